The molecule has 0 saturated carbocycles. The number of aromatic nitrogens is 2. The highest BCUT2D eigenvalue weighted by Crippen LogP contribution is 2.18. The molecule has 0 saturated heterocycles. The van der Waals surface area contributed by atoms with E-state index in [1.807, 2.05) is 28.8 Å². The zero-order valence-corrected chi connectivity index (χ0v) is 11.4. The Balaban J connectivity index is 2.09. The zero-order valence-electron chi connectivity index (χ0n) is 10.7. The third-order valence-electron chi connectivity index (χ3n) is 2.78. The third-order valence-corrected chi connectivity index (χ3v) is 2.97. The number of halogens is 4. The number of para-hydroxylation sites is 2. The van der Waals surface area contributed by atoms with Crippen LogP contribution in [0.1, 0.15) is 5.82 Å². The van der Waals surface area contributed by atoms with Crippen LogP contribution in [0.25, 0.3) is 11.0 Å². The van der Waals surface area contributed by atoms with Gasteiger partial charge in [-0.15, -0.1) is 11.6 Å². The molecule has 0 bridgehead atoms. The first-order valence-corrected chi connectivity index (χ1v) is 6.69. The first kappa shape index (κ1) is 15.1. The van der Waals surface area contributed by atoms with Crippen LogP contribution in [0.4, 0.5) is 13.2 Å². The summed E-state index contributed by atoms with van der Waals surface area (Å²) in [7, 11) is 0. The number of alkyl halides is 4. The van der Waals surface area contributed by atoms with Crippen LogP contribution in [-0.2, 0) is 17.7 Å². The number of nitrogens with zero attached hydrogens (tertiary/aromatic N) is 2. The number of fused-ring (bicyclic) bond motifs is 1. The van der Waals surface area contributed by atoms with Gasteiger partial charge >= 0.3 is 6.18 Å². The van der Waals surface area contributed by atoms with Gasteiger partial charge in [0, 0.05) is 18.8 Å². The Morgan fingerprint density at radius 3 is 2.70 bits per heavy atom. The fourth-order valence-electron chi connectivity index (χ4n) is 1.99. The van der Waals surface area contributed by atoms with E-state index in [1.165, 1.54) is 0 Å². The molecule has 2 rings (SSSR count). The van der Waals surface area contributed by atoms with Crippen molar-refractivity contribution in [2.24, 2.45) is 0 Å². The molecule has 0 spiro atoms. The zero-order chi connectivity index (χ0) is 14.6. The molecule has 20 heavy (non-hydrogen) atoms. The van der Waals surface area contributed by atoms with Gasteiger partial charge in [0.25, 0.3) is 0 Å². The average Bonchev–Trinajstić information content (AvgIpc) is 2.72. The maximum Gasteiger partial charge on any atom is 0.411 e. The predicted octanol–water partition coefficient (Wildman–Crippen LogP) is 3.40. The van der Waals surface area contributed by atoms with Crippen LogP contribution in [0.3, 0.4) is 0 Å². The summed E-state index contributed by atoms with van der Waals surface area (Å²) >= 11 is 5.72. The van der Waals surface area contributed by atoms with Gasteiger partial charge in [0.05, 0.1) is 17.6 Å². The van der Waals surface area contributed by atoms with Crippen LogP contribution in [-0.4, -0.2) is 34.8 Å². The second-order valence-electron chi connectivity index (χ2n) is 4.28. The molecular formula is C13H14ClF3N2O. The van der Waals surface area contributed by atoms with E-state index in [4.69, 9.17) is 11.6 Å². The molecular weight excluding hydrogens is 293 g/mol. The molecule has 0 aliphatic heterocycles. The lowest BCUT2D eigenvalue weighted by atomic mass is 10.3. The van der Waals surface area contributed by atoms with E-state index in [9.17, 15) is 13.2 Å². The van der Waals surface area contributed by atoms with Gasteiger partial charge in [0.2, 0.25) is 0 Å². The van der Waals surface area contributed by atoms with E-state index in [-0.39, 0.29) is 6.61 Å². The van der Waals surface area contributed by atoms with E-state index in [0.717, 1.165) is 16.9 Å². The van der Waals surface area contributed by atoms with Crippen LogP contribution in [0.15, 0.2) is 24.3 Å². The van der Waals surface area contributed by atoms with E-state index in [0.29, 0.717) is 18.8 Å². The molecule has 0 unspecified atom stereocenters. The summed E-state index contributed by atoms with van der Waals surface area (Å²) < 4.78 is 42.5. The molecule has 3 nitrogen and oxygen atoms in total. The minimum absolute atomic E-state index is 0.0187. The van der Waals surface area contributed by atoms with Gasteiger partial charge in [-0.25, -0.2) is 4.98 Å². The van der Waals surface area contributed by atoms with Crippen LogP contribution in [0.5, 0.6) is 0 Å². The van der Waals surface area contributed by atoms with Crippen LogP contribution in [0.2, 0.25) is 0 Å². The van der Waals surface area contributed by atoms with Gasteiger partial charge in [-0.3, -0.25) is 0 Å². The Kier molecular flexibility index (Phi) is 4.88. The van der Waals surface area contributed by atoms with Crippen LogP contribution < -0.4 is 0 Å². The summed E-state index contributed by atoms with van der Waals surface area (Å²) in [4.78, 5) is 4.43. The molecule has 1 aromatic heterocycles. The monoisotopic (exact) mass is 306 g/mol. The van der Waals surface area contributed by atoms with E-state index < -0.39 is 12.8 Å². The number of benzene rings is 1. The topological polar surface area (TPSA) is 27.1 Å². The molecule has 7 heteroatoms. The molecule has 0 aliphatic carbocycles. The minimum Gasteiger partial charge on any atom is -0.370 e. The number of aryl methyl sites for hydroxylation is 1. The second-order valence-corrected chi connectivity index (χ2v) is 4.65. The summed E-state index contributed by atoms with van der Waals surface area (Å²) in [5.41, 5.74) is 1.69. The number of imidazole rings is 1. The van der Waals surface area contributed by atoms with Crippen LogP contribution >= 0.6 is 11.6 Å². The van der Waals surface area contributed by atoms with E-state index in [1.54, 1.807) is 0 Å². The van der Waals surface area contributed by atoms with Gasteiger partial charge in [-0.05, 0) is 12.1 Å². The summed E-state index contributed by atoms with van der Waals surface area (Å²) in [5.74, 6) is 1.17. The largest absolute Gasteiger partial charge is 0.411 e. The molecule has 0 radical (unpaired) electrons. The van der Waals surface area contributed by atoms with Crippen molar-refractivity contribution in [3.8, 4) is 0 Å². The van der Waals surface area contributed by atoms with Gasteiger partial charge in [-0.2, -0.15) is 13.2 Å². The van der Waals surface area contributed by atoms with Crippen molar-refractivity contribution >= 4 is 22.6 Å². The van der Waals surface area contributed by atoms with E-state index in [2.05, 4.69) is 9.72 Å². The molecule has 110 valence electrons. The molecule has 0 atom stereocenters. The predicted molar refractivity (Wildman–Crippen MR) is 71.0 cm³/mol. The van der Waals surface area contributed by atoms with Crippen molar-refractivity contribution in [2.45, 2.75) is 19.1 Å². The SMILES string of the molecule is FC(F)(F)COCCn1c(CCCl)nc2ccccc21. The normalized spacial score (nSPS) is 12.2. The Bertz CT molecular complexity index is 568. The van der Waals surface area contributed by atoms with Crippen molar-refractivity contribution in [2.75, 3.05) is 19.1 Å². The lowest BCUT2D eigenvalue weighted by molar-refractivity contribution is -0.174. The maximum absolute atomic E-state index is 12.0. The highest BCUT2D eigenvalue weighted by atomic mass is 35.5. The fourth-order valence-corrected chi connectivity index (χ4v) is 2.16. The van der Waals surface area contributed by atoms with Gasteiger partial charge in [0.1, 0.15) is 12.4 Å². The second kappa shape index (κ2) is 6.45. The first-order valence-electron chi connectivity index (χ1n) is 6.16. The summed E-state index contributed by atoms with van der Waals surface area (Å²) in [6.45, 7) is -0.928. The van der Waals surface area contributed by atoms with Crippen molar-refractivity contribution in [1.82, 2.24) is 9.55 Å². The molecule has 1 heterocycles. The standard InChI is InChI=1S/C13H14ClF3N2O/c14-6-5-12-18-10-3-1-2-4-11(10)19(12)7-8-20-9-13(15,16)17/h1-4H,5-9H2. The quantitative estimate of drug-likeness (QED) is 0.604. The smallest absolute Gasteiger partial charge is 0.370 e. The number of rotatable bonds is 6. The van der Waals surface area contributed by atoms with Crippen molar-refractivity contribution < 1.29 is 17.9 Å². The number of hydrogen-bond acceptors (Lipinski definition) is 2. The Hall–Kier alpha value is -1.27. The Morgan fingerprint density at radius 2 is 2.00 bits per heavy atom. The van der Waals surface area contributed by atoms with Crippen LogP contribution in [0, 0.1) is 0 Å². The lowest BCUT2D eigenvalue weighted by Crippen LogP contribution is -2.19. The minimum atomic E-state index is -4.30. The fraction of sp³-hybridized carbons (Fsp3) is 0.462. The van der Waals surface area contributed by atoms with Gasteiger partial charge in [0.15, 0.2) is 0 Å². The number of ether oxygens (including phenoxy) is 1. The summed E-state index contributed by atoms with van der Waals surface area (Å²) in [5, 5.41) is 0. The maximum atomic E-state index is 12.0. The van der Waals surface area contributed by atoms with Crippen molar-refractivity contribution in [3.05, 3.63) is 30.1 Å². The summed E-state index contributed by atoms with van der Waals surface area (Å²) in [6.07, 6.45) is -3.73. The van der Waals surface area contributed by atoms with Crippen molar-refractivity contribution in [1.29, 1.82) is 0 Å². The van der Waals surface area contributed by atoms with Gasteiger partial charge in [-0.1, -0.05) is 12.1 Å². The molecule has 0 fully saturated rings. The van der Waals surface area contributed by atoms with E-state index >= 15 is 0 Å². The average molecular weight is 307 g/mol. The third kappa shape index (κ3) is 3.86. The Morgan fingerprint density at radius 1 is 1.25 bits per heavy atom. The number of hydrogen-bond donors (Lipinski definition) is 0. The highest BCUT2D eigenvalue weighted by molar-refractivity contribution is 6.17. The molecule has 0 aliphatic rings. The molecule has 2 aromatic rings. The Labute approximate surface area is 119 Å². The lowest BCUT2D eigenvalue weighted by Gasteiger charge is -2.10. The van der Waals surface area contributed by atoms with Gasteiger partial charge < -0.3 is 9.30 Å². The highest BCUT2D eigenvalue weighted by Gasteiger charge is 2.27. The summed E-state index contributed by atoms with van der Waals surface area (Å²) in [6, 6.07) is 7.47. The first-order chi connectivity index (χ1) is 9.51. The molecule has 0 amide bonds. The molecule has 1 aromatic carbocycles. The molecule has 0 N–H and O–H groups in total. The van der Waals surface area contributed by atoms with Crippen molar-refractivity contribution in [3.63, 3.8) is 0 Å².